The van der Waals surface area contributed by atoms with E-state index in [9.17, 15) is 4.79 Å². The van der Waals surface area contributed by atoms with E-state index in [-0.39, 0.29) is 10.5 Å². The van der Waals surface area contributed by atoms with Crippen molar-refractivity contribution >= 4 is 11.6 Å². The molecule has 0 saturated carbocycles. The van der Waals surface area contributed by atoms with Crippen LogP contribution in [0.5, 0.6) is 0 Å². The third-order valence-electron chi connectivity index (χ3n) is 1.23. The average Bonchev–Trinajstić information content (AvgIpc) is 2.04. The molecule has 0 radical (unpaired) electrons. The zero-order chi connectivity index (χ0) is 7.56. The number of hydrogen-bond donors (Lipinski definition) is 0. The van der Waals surface area contributed by atoms with Crippen LogP contribution >= 0.6 is 11.6 Å². The molecule has 0 aliphatic rings. The van der Waals surface area contributed by atoms with Gasteiger partial charge >= 0.3 is 0 Å². The van der Waals surface area contributed by atoms with Crippen molar-refractivity contribution in [1.29, 1.82) is 0 Å². The molecule has 0 aromatic heterocycles. The summed E-state index contributed by atoms with van der Waals surface area (Å²) in [5.41, 5.74) is 0.902. The standard InChI is InChI=1S/C8H7ClO/c1-6-2-4-7(9)8(10)5-3-6/h2-5H,1H3. The van der Waals surface area contributed by atoms with E-state index in [0.29, 0.717) is 0 Å². The Morgan fingerprint density at radius 2 is 1.80 bits per heavy atom. The van der Waals surface area contributed by atoms with Crippen LogP contribution in [-0.2, 0) is 0 Å². The minimum absolute atomic E-state index is 0.130. The Hall–Kier alpha value is -0.820. The smallest absolute Gasteiger partial charge is 0.197 e. The summed E-state index contributed by atoms with van der Waals surface area (Å²) in [7, 11) is 0. The SMILES string of the molecule is Cc1ccc(Cl)c(=O)cc1. The highest BCUT2D eigenvalue weighted by Gasteiger charge is 1.88. The lowest BCUT2D eigenvalue weighted by Crippen LogP contribution is -1.92. The molecule has 0 aliphatic carbocycles. The van der Waals surface area contributed by atoms with Gasteiger partial charge in [-0.25, -0.2) is 0 Å². The predicted molar refractivity (Wildman–Crippen MR) is 42.5 cm³/mol. The summed E-state index contributed by atoms with van der Waals surface area (Å²) in [6.45, 7) is 1.91. The van der Waals surface area contributed by atoms with E-state index in [4.69, 9.17) is 11.6 Å². The molecule has 0 bridgehead atoms. The molecule has 1 aromatic carbocycles. The van der Waals surface area contributed by atoms with Gasteiger partial charge in [0.05, 0.1) is 5.02 Å². The molecule has 0 amide bonds. The summed E-state index contributed by atoms with van der Waals surface area (Å²) < 4.78 is 0. The molecular formula is C8H7ClO. The Balaban J connectivity index is 3.43. The maximum absolute atomic E-state index is 10.8. The van der Waals surface area contributed by atoms with Gasteiger partial charge in [0.1, 0.15) is 0 Å². The second-order valence-electron chi connectivity index (χ2n) is 2.12. The molecular weight excluding hydrogens is 148 g/mol. The van der Waals surface area contributed by atoms with Gasteiger partial charge < -0.3 is 0 Å². The van der Waals surface area contributed by atoms with Crippen LogP contribution < -0.4 is 5.43 Å². The lowest BCUT2D eigenvalue weighted by Gasteiger charge is -1.75. The van der Waals surface area contributed by atoms with Gasteiger partial charge in [0, 0.05) is 0 Å². The van der Waals surface area contributed by atoms with Crippen molar-refractivity contribution in [3.63, 3.8) is 0 Å². The van der Waals surface area contributed by atoms with Crippen LogP contribution in [0.4, 0.5) is 0 Å². The molecule has 0 N–H and O–H groups in total. The first kappa shape index (κ1) is 7.29. The average molecular weight is 155 g/mol. The van der Waals surface area contributed by atoms with Crippen LogP contribution in [0, 0.1) is 6.92 Å². The molecule has 0 saturated heterocycles. The molecule has 0 unspecified atom stereocenters. The molecule has 0 atom stereocenters. The first-order chi connectivity index (χ1) is 4.70. The highest BCUT2D eigenvalue weighted by atomic mass is 35.5. The van der Waals surface area contributed by atoms with E-state index in [1.165, 1.54) is 6.07 Å². The van der Waals surface area contributed by atoms with Gasteiger partial charge in [-0.3, -0.25) is 4.79 Å². The summed E-state index contributed by atoms with van der Waals surface area (Å²) in [6, 6.07) is 6.63. The molecule has 1 aromatic rings. The second kappa shape index (κ2) is 2.84. The fourth-order valence-corrected chi connectivity index (χ4v) is 0.755. The normalized spacial score (nSPS) is 9.40. The van der Waals surface area contributed by atoms with Crippen LogP contribution in [0.3, 0.4) is 0 Å². The summed E-state index contributed by atoms with van der Waals surface area (Å²) >= 11 is 5.55. The van der Waals surface area contributed by atoms with Crippen molar-refractivity contribution in [3.8, 4) is 0 Å². The van der Waals surface area contributed by atoms with E-state index in [2.05, 4.69) is 0 Å². The quantitative estimate of drug-likeness (QED) is 0.559. The van der Waals surface area contributed by atoms with Crippen LogP contribution in [0.15, 0.2) is 29.1 Å². The van der Waals surface area contributed by atoms with E-state index in [0.717, 1.165) is 5.56 Å². The highest BCUT2D eigenvalue weighted by molar-refractivity contribution is 6.30. The van der Waals surface area contributed by atoms with E-state index in [1.807, 2.05) is 13.0 Å². The maximum atomic E-state index is 10.8. The monoisotopic (exact) mass is 154 g/mol. The second-order valence-corrected chi connectivity index (χ2v) is 2.53. The lowest BCUT2D eigenvalue weighted by molar-refractivity contribution is 1.51. The maximum Gasteiger partial charge on any atom is 0.197 e. The zero-order valence-corrected chi connectivity index (χ0v) is 6.35. The Morgan fingerprint density at radius 1 is 1.20 bits per heavy atom. The van der Waals surface area contributed by atoms with Gasteiger partial charge in [-0.1, -0.05) is 29.3 Å². The van der Waals surface area contributed by atoms with Crippen LogP contribution in [0.25, 0.3) is 0 Å². The van der Waals surface area contributed by atoms with Crippen molar-refractivity contribution in [1.82, 2.24) is 0 Å². The largest absolute Gasteiger partial charge is 0.288 e. The van der Waals surface area contributed by atoms with Crippen LogP contribution in [0.1, 0.15) is 5.56 Å². The highest BCUT2D eigenvalue weighted by Crippen LogP contribution is 1.99. The van der Waals surface area contributed by atoms with Crippen LogP contribution in [0.2, 0.25) is 5.02 Å². The fourth-order valence-electron chi connectivity index (χ4n) is 0.629. The molecule has 0 aliphatic heterocycles. The van der Waals surface area contributed by atoms with Gasteiger partial charge in [-0.05, 0) is 19.1 Å². The van der Waals surface area contributed by atoms with Gasteiger partial charge in [0.25, 0.3) is 0 Å². The Kier molecular flexibility index (Phi) is 2.07. The fraction of sp³-hybridized carbons (Fsp3) is 0.125. The van der Waals surface area contributed by atoms with Gasteiger partial charge in [-0.2, -0.15) is 0 Å². The van der Waals surface area contributed by atoms with Gasteiger partial charge in [-0.15, -0.1) is 0 Å². The van der Waals surface area contributed by atoms with Crippen LogP contribution in [-0.4, -0.2) is 0 Å². The Morgan fingerprint density at radius 3 is 2.50 bits per heavy atom. The molecule has 0 spiro atoms. The van der Waals surface area contributed by atoms with E-state index in [1.54, 1.807) is 12.1 Å². The van der Waals surface area contributed by atoms with Crippen molar-refractivity contribution in [2.75, 3.05) is 0 Å². The molecule has 1 nitrogen and oxygen atoms in total. The molecule has 0 heterocycles. The van der Waals surface area contributed by atoms with Gasteiger partial charge in [0.2, 0.25) is 0 Å². The Bertz CT molecular complexity index is 293. The van der Waals surface area contributed by atoms with E-state index < -0.39 is 0 Å². The lowest BCUT2D eigenvalue weighted by atomic mass is 10.3. The zero-order valence-electron chi connectivity index (χ0n) is 5.60. The van der Waals surface area contributed by atoms with Crippen molar-refractivity contribution in [2.24, 2.45) is 0 Å². The predicted octanol–water partition coefficient (Wildman–Crippen LogP) is 2.01. The topological polar surface area (TPSA) is 17.1 Å². The van der Waals surface area contributed by atoms with Gasteiger partial charge in [0.15, 0.2) is 5.43 Å². The summed E-state index contributed by atoms with van der Waals surface area (Å²) in [5.74, 6) is 0. The van der Waals surface area contributed by atoms with Crippen molar-refractivity contribution < 1.29 is 0 Å². The third kappa shape index (κ3) is 1.58. The van der Waals surface area contributed by atoms with E-state index >= 15 is 0 Å². The molecule has 2 heteroatoms. The molecule has 1 rings (SSSR count). The minimum atomic E-state index is -0.130. The third-order valence-corrected chi connectivity index (χ3v) is 1.54. The Labute approximate surface area is 64.3 Å². The first-order valence-corrected chi connectivity index (χ1v) is 3.34. The number of halogens is 1. The summed E-state index contributed by atoms with van der Waals surface area (Å²) in [6.07, 6.45) is 0. The minimum Gasteiger partial charge on any atom is -0.288 e. The summed E-state index contributed by atoms with van der Waals surface area (Å²) in [4.78, 5) is 10.8. The molecule has 52 valence electrons. The first-order valence-electron chi connectivity index (χ1n) is 2.96. The van der Waals surface area contributed by atoms with Crippen molar-refractivity contribution in [3.05, 3.63) is 45.1 Å². The molecule has 10 heavy (non-hydrogen) atoms. The van der Waals surface area contributed by atoms with Crippen molar-refractivity contribution in [2.45, 2.75) is 6.92 Å². The molecule has 0 fully saturated rings. The number of hydrogen-bond acceptors (Lipinski definition) is 1. The number of aryl methyl sites for hydroxylation is 1. The summed E-state index contributed by atoms with van der Waals surface area (Å²) in [5, 5.41) is 0.271. The number of rotatable bonds is 0.